The number of ether oxygens (including phenoxy) is 1. The van der Waals surface area contributed by atoms with Crippen molar-refractivity contribution in [3.8, 4) is 11.8 Å². The second-order valence-electron chi connectivity index (χ2n) is 0.997. The zero-order valence-corrected chi connectivity index (χ0v) is 4.60. The fraction of sp³-hybridized carbons (Fsp3) is 0.400. The van der Waals surface area contributed by atoms with Gasteiger partial charge in [-0.3, -0.25) is 0 Å². The molecule has 0 aliphatic heterocycles. The first-order chi connectivity index (χ1) is 3.81. The number of methoxy groups -OCH3 is 1. The lowest BCUT2D eigenvalue weighted by molar-refractivity contribution is -0.133. The van der Waals surface area contributed by atoms with Crippen LogP contribution >= 0.6 is 0 Å². The summed E-state index contributed by atoms with van der Waals surface area (Å²) in [7, 11) is 1.27. The summed E-state index contributed by atoms with van der Waals surface area (Å²) >= 11 is 0. The second kappa shape index (κ2) is 4.16. The third-order valence-electron chi connectivity index (χ3n) is 0.478. The molecule has 0 amide bonds. The average molecular weight is 113 g/mol. The van der Waals surface area contributed by atoms with Gasteiger partial charge in [0, 0.05) is 5.92 Å². The summed E-state index contributed by atoms with van der Waals surface area (Å²) in [5.74, 6) is 3.95. The molecule has 0 unspecified atom stereocenters. The van der Waals surface area contributed by atoms with Crippen LogP contribution in [0.5, 0.6) is 0 Å². The van der Waals surface area contributed by atoms with Crippen LogP contribution in [0, 0.1) is 11.8 Å². The van der Waals surface area contributed by atoms with Gasteiger partial charge in [0.05, 0.1) is 13.7 Å². The predicted octanol–water partition coefficient (Wildman–Crippen LogP) is -0.879. The lowest BCUT2D eigenvalue weighted by Gasteiger charge is -1.82. The lowest BCUT2D eigenvalue weighted by Crippen LogP contribution is -1.98. The molecule has 3 heteroatoms. The Kier molecular flexibility index (Phi) is 3.63. The molecule has 0 rings (SSSR count). The van der Waals surface area contributed by atoms with Gasteiger partial charge < -0.3 is 10.5 Å². The van der Waals surface area contributed by atoms with Crippen LogP contribution in [0.25, 0.3) is 0 Å². The van der Waals surface area contributed by atoms with Gasteiger partial charge in [-0.2, -0.15) is 0 Å². The molecule has 2 N–H and O–H groups in total. The number of carbonyl (C=O) groups excluding carboxylic acids is 1. The van der Waals surface area contributed by atoms with Crippen molar-refractivity contribution in [2.75, 3.05) is 13.7 Å². The Bertz CT molecular complexity index is 131. The first-order valence-corrected chi connectivity index (χ1v) is 2.08. The minimum atomic E-state index is -0.546. The van der Waals surface area contributed by atoms with Gasteiger partial charge >= 0.3 is 5.97 Å². The minimum absolute atomic E-state index is 0.190. The molecular formula is C5H7NO2. The van der Waals surface area contributed by atoms with Gasteiger partial charge in [-0.1, -0.05) is 5.92 Å². The molecule has 0 radical (unpaired) electrons. The quantitative estimate of drug-likeness (QED) is 0.252. The van der Waals surface area contributed by atoms with E-state index in [0.717, 1.165) is 0 Å². The zero-order valence-electron chi connectivity index (χ0n) is 4.60. The van der Waals surface area contributed by atoms with E-state index in [4.69, 9.17) is 5.73 Å². The van der Waals surface area contributed by atoms with Crippen molar-refractivity contribution in [1.29, 1.82) is 0 Å². The highest BCUT2D eigenvalue weighted by Gasteiger charge is 1.85. The molecule has 0 fully saturated rings. The topological polar surface area (TPSA) is 52.3 Å². The van der Waals surface area contributed by atoms with Crippen LogP contribution in [0.4, 0.5) is 0 Å². The molecule has 0 aliphatic carbocycles. The van der Waals surface area contributed by atoms with Gasteiger partial charge in [0.25, 0.3) is 0 Å². The fourth-order valence-corrected chi connectivity index (χ4v) is 0.174. The highest BCUT2D eigenvalue weighted by molar-refractivity contribution is 5.88. The summed E-state index contributed by atoms with van der Waals surface area (Å²) in [5, 5.41) is 0. The third kappa shape index (κ3) is 3.19. The number of esters is 1. The molecule has 44 valence electrons. The van der Waals surface area contributed by atoms with E-state index >= 15 is 0 Å². The van der Waals surface area contributed by atoms with Crippen molar-refractivity contribution in [2.24, 2.45) is 5.73 Å². The van der Waals surface area contributed by atoms with Crippen molar-refractivity contribution in [2.45, 2.75) is 0 Å². The average Bonchev–Trinajstić information content (AvgIpc) is 1.83. The molecule has 0 saturated carbocycles. The highest BCUT2D eigenvalue weighted by Crippen LogP contribution is 1.64. The molecule has 3 nitrogen and oxygen atoms in total. The molecule has 0 heterocycles. The van der Waals surface area contributed by atoms with Crippen LogP contribution in [-0.2, 0) is 9.53 Å². The standard InChI is InChI=1S/C5H7NO2/c1-8-5(7)3-2-4-6/h4,6H2,1H3. The van der Waals surface area contributed by atoms with Crippen molar-refractivity contribution in [1.82, 2.24) is 0 Å². The Balaban J connectivity index is 3.52. The number of hydrogen-bond donors (Lipinski definition) is 1. The maximum absolute atomic E-state index is 10.1. The monoisotopic (exact) mass is 113 g/mol. The zero-order chi connectivity index (χ0) is 6.41. The van der Waals surface area contributed by atoms with E-state index in [1.807, 2.05) is 0 Å². The van der Waals surface area contributed by atoms with Crippen molar-refractivity contribution >= 4 is 5.97 Å². The Morgan fingerprint density at radius 2 is 2.50 bits per heavy atom. The molecule has 0 aromatic rings. The molecule has 0 aliphatic rings. The van der Waals surface area contributed by atoms with Gasteiger partial charge in [0.2, 0.25) is 0 Å². The number of rotatable bonds is 0. The van der Waals surface area contributed by atoms with Crippen molar-refractivity contribution in [3.05, 3.63) is 0 Å². The molecule has 0 saturated heterocycles. The summed E-state index contributed by atoms with van der Waals surface area (Å²) in [6.07, 6.45) is 0. The smallest absolute Gasteiger partial charge is 0.384 e. The molecule has 0 atom stereocenters. The fourth-order valence-electron chi connectivity index (χ4n) is 0.174. The van der Waals surface area contributed by atoms with Crippen LogP contribution < -0.4 is 5.73 Å². The van der Waals surface area contributed by atoms with E-state index in [2.05, 4.69) is 16.6 Å². The lowest BCUT2D eigenvalue weighted by atomic mass is 10.6. The predicted molar refractivity (Wildman–Crippen MR) is 28.8 cm³/mol. The van der Waals surface area contributed by atoms with Crippen molar-refractivity contribution in [3.63, 3.8) is 0 Å². The van der Waals surface area contributed by atoms with Crippen LogP contribution in [0.2, 0.25) is 0 Å². The normalized spacial score (nSPS) is 6.75. The SMILES string of the molecule is COC(=O)C#CCN. The largest absolute Gasteiger partial charge is 0.459 e. The van der Waals surface area contributed by atoms with E-state index in [1.165, 1.54) is 7.11 Å². The number of nitrogens with two attached hydrogens (primary N) is 1. The molecule has 8 heavy (non-hydrogen) atoms. The van der Waals surface area contributed by atoms with E-state index in [9.17, 15) is 4.79 Å². The summed E-state index contributed by atoms with van der Waals surface area (Å²) in [6, 6.07) is 0. The minimum Gasteiger partial charge on any atom is -0.459 e. The van der Waals surface area contributed by atoms with Gasteiger partial charge in [0.15, 0.2) is 0 Å². The van der Waals surface area contributed by atoms with Crippen LogP contribution in [0.15, 0.2) is 0 Å². The maximum atomic E-state index is 10.1. The van der Waals surface area contributed by atoms with Crippen LogP contribution in [-0.4, -0.2) is 19.6 Å². The first kappa shape index (κ1) is 6.99. The van der Waals surface area contributed by atoms with Crippen LogP contribution in [0.1, 0.15) is 0 Å². The van der Waals surface area contributed by atoms with Crippen LogP contribution in [0.3, 0.4) is 0 Å². The molecule has 0 aromatic carbocycles. The van der Waals surface area contributed by atoms with Gasteiger partial charge in [-0.05, 0) is 0 Å². The number of hydrogen-bond acceptors (Lipinski definition) is 3. The van der Waals surface area contributed by atoms with E-state index in [-0.39, 0.29) is 6.54 Å². The summed E-state index contributed by atoms with van der Waals surface area (Å²) in [4.78, 5) is 10.1. The Morgan fingerprint density at radius 3 is 2.88 bits per heavy atom. The van der Waals surface area contributed by atoms with Gasteiger partial charge in [-0.25, -0.2) is 4.79 Å². The van der Waals surface area contributed by atoms with Gasteiger partial charge in [0.1, 0.15) is 0 Å². The molecule has 0 spiro atoms. The Labute approximate surface area is 47.8 Å². The maximum Gasteiger partial charge on any atom is 0.384 e. The number of carbonyl (C=O) groups is 1. The van der Waals surface area contributed by atoms with E-state index in [1.54, 1.807) is 0 Å². The third-order valence-corrected chi connectivity index (χ3v) is 0.478. The molecule has 0 aromatic heterocycles. The summed E-state index contributed by atoms with van der Waals surface area (Å²) in [6.45, 7) is 0.190. The molecular weight excluding hydrogens is 106 g/mol. The van der Waals surface area contributed by atoms with E-state index < -0.39 is 5.97 Å². The first-order valence-electron chi connectivity index (χ1n) is 2.08. The van der Waals surface area contributed by atoms with Crippen molar-refractivity contribution < 1.29 is 9.53 Å². The van der Waals surface area contributed by atoms with Gasteiger partial charge in [-0.15, -0.1) is 0 Å². The Hall–Kier alpha value is -1.01. The van der Waals surface area contributed by atoms with E-state index in [0.29, 0.717) is 0 Å². The summed E-state index contributed by atoms with van der Waals surface area (Å²) in [5.41, 5.74) is 4.95. The molecule has 0 bridgehead atoms. The second-order valence-corrected chi connectivity index (χ2v) is 0.997. The Morgan fingerprint density at radius 1 is 1.88 bits per heavy atom. The highest BCUT2D eigenvalue weighted by atomic mass is 16.5. The summed E-state index contributed by atoms with van der Waals surface area (Å²) < 4.78 is 4.18.